The highest BCUT2D eigenvalue weighted by atomic mass is 32.2. The van der Waals surface area contributed by atoms with Crippen LogP contribution in [0, 0.1) is 13.8 Å². The van der Waals surface area contributed by atoms with Crippen LogP contribution in [0.1, 0.15) is 32.6 Å². The molecule has 0 saturated carbocycles. The van der Waals surface area contributed by atoms with Crippen LogP contribution in [0.3, 0.4) is 0 Å². The largest absolute Gasteiger partial charge is 0.504 e. The Kier molecular flexibility index (Phi) is 7.57. The molecular weight excluding hydrogens is 454 g/mol. The Bertz CT molecular complexity index is 1320. The lowest BCUT2D eigenvalue weighted by molar-refractivity contribution is 0.0955. The van der Waals surface area contributed by atoms with Gasteiger partial charge in [0.05, 0.1) is 31.8 Å². The Balaban J connectivity index is 1.71. The van der Waals surface area contributed by atoms with Crippen LogP contribution < -0.4 is 14.5 Å². The number of nitrogens with zero attached hydrogens (tertiary/aromatic N) is 2. The fraction of sp³-hybridized carbons (Fsp3) is 0.200. The standard InChI is InChI=1S/C25H27N3O5S/c1-17-8-13-22(14-18(17)2)28(34(4,31)32)16-19-9-11-20(12-10-19)25(30)27-26-15-21-6-5-7-23(33-3)24(21)29/h5-15,29H,16H2,1-4H3,(H,27,30)/b26-15-. The molecule has 3 rings (SSSR count). The molecule has 0 aliphatic rings. The number of hydrazone groups is 1. The first-order valence-corrected chi connectivity index (χ1v) is 12.3. The molecule has 0 spiro atoms. The number of nitrogens with one attached hydrogen (secondary N) is 1. The molecule has 0 radical (unpaired) electrons. The molecule has 0 aliphatic heterocycles. The molecule has 9 heteroatoms. The minimum absolute atomic E-state index is 0.0773. The molecule has 0 fully saturated rings. The van der Waals surface area contributed by atoms with E-state index < -0.39 is 15.9 Å². The van der Waals surface area contributed by atoms with Crippen LogP contribution >= 0.6 is 0 Å². The maximum Gasteiger partial charge on any atom is 0.271 e. The van der Waals surface area contributed by atoms with Crippen molar-refractivity contribution in [1.82, 2.24) is 5.43 Å². The molecule has 0 aromatic heterocycles. The van der Waals surface area contributed by atoms with E-state index in [0.29, 0.717) is 22.6 Å². The number of sulfonamides is 1. The Morgan fingerprint density at radius 1 is 1.09 bits per heavy atom. The summed E-state index contributed by atoms with van der Waals surface area (Å²) in [6.07, 6.45) is 2.49. The van der Waals surface area contributed by atoms with E-state index in [0.717, 1.165) is 16.7 Å². The summed E-state index contributed by atoms with van der Waals surface area (Å²) in [5, 5.41) is 14.0. The summed E-state index contributed by atoms with van der Waals surface area (Å²) in [6, 6.07) is 17.1. The average molecular weight is 482 g/mol. The van der Waals surface area contributed by atoms with E-state index in [-0.39, 0.29) is 12.3 Å². The molecule has 178 valence electrons. The molecule has 0 atom stereocenters. The van der Waals surface area contributed by atoms with Gasteiger partial charge in [-0.3, -0.25) is 9.10 Å². The van der Waals surface area contributed by atoms with Gasteiger partial charge in [-0.25, -0.2) is 13.8 Å². The summed E-state index contributed by atoms with van der Waals surface area (Å²) in [7, 11) is -2.07. The van der Waals surface area contributed by atoms with Gasteiger partial charge in [-0.05, 0) is 66.9 Å². The van der Waals surface area contributed by atoms with Gasteiger partial charge < -0.3 is 9.84 Å². The number of aryl methyl sites for hydroxylation is 2. The van der Waals surface area contributed by atoms with E-state index in [1.807, 2.05) is 26.0 Å². The summed E-state index contributed by atoms with van der Waals surface area (Å²) in [6.45, 7) is 4.04. The number of hydrogen-bond acceptors (Lipinski definition) is 6. The van der Waals surface area contributed by atoms with Crippen molar-refractivity contribution in [2.75, 3.05) is 17.7 Å². The van der Waals surface area contributed by atoms with Gasteiger partial charge in [0.25, 0.3) is 5.91 Å². The molecule has 3 aromatic carbocycles. The summed E-state index contributed by atoms with van der Waals surface area (Å²) < 4.78 is 31.2. The highest BCUT2D eigenvalue weighted by molar-refractivity contribution is 7.92. The zero-order valence-corrected chi connectivity index (χ0v) is 20.3. The van der Waals surface area contributed by atoms with Gasteiger partial charge in [0.1, 0.15) is 0 Å². The monoisotopic (exact) mass is 481 g/mol. The molecule has 0 bridgehead atoms. The third kappa shape index (κ3) is 5.93. The lowest BCUT2D eigenvalue weighted by Gasteiger charge is -2.23. The number of carbonyl (C=O) groups is 1. The number of carbonyl (C=O) groups excluding carboxylic acids is 1. The van der Waals surface area contributed by atoms with E-state index in [9.17, 15) is 18.3 Å². The van der Waals surface area contributed by atoms with E-state index in [1.54, 1.807) is 48.5 Å². The normalized spacial score (nSPS) is 11.4. The SMILES string of the molecule is COc1cccc(/C=N\NC(=O)c2ccc(CN(c3ccc(C)c(C)c3)S(C)(=O)=O)cc2)c1O. The number of phenolic OH excluding ortho intramolecular Hbond substituents is 1. The maximum absolute atomic E-state index is 12.4. The fourth-order valence-corrected chi connectivity index (χ4v) is 4.12. The number of amides is 1. The Hall–Kier alpha value is -3.85. The highest BCUT2D eigenvalue weighted by Crippen LogP contribution is 2.28. The quantitative estimate of drug-likeness (QED) is 0.376. The molecule has 3 aromatic rings. The summed E-state index contributed by atoms with van der Waals surface area (Å²) in [5.74, 6) is -0.222. The van der Waals surface area contributed by atoms with Crippen molar-refractivity contribution in [3.05, 3.63) is 88.5 Å². The van der Waals surface area contributed by atoms with Gasteiger partial charge in [-0.1, -0.05) is 24.3 Å². The number of methoxy groups -OCH3 is 1. The van der Waals surface area contributed by atoms with Gasteiger partial charge in [0.15, 0.2) is 11.5 Å². The van der Waals surface area contributed by atoms with Crippen LogP contribution in [0.4, 0.5) is 5.69 Å². The predicted octanol–water partition coefficient (Wildman–Crippen LogP) is 3.75. The number of aromatic hydroxyl groups is 1. The molecule has 0 heterocycles. The molecule has 0 unspecified atom stereocenters. The topological polar surface area (TPSA) is 108 Å². The van der Waals surface area contributed by atoms with Crippen molar-refractivity contribution in [1.29, 1.82) is 0 Å². The number of benzene rings is 3. The number of anilines is 1. The summed E-state index contributed by atoms with van der Waals surface area (Å²) >= 11 is 0. The number of phenols is 1. The lowest BCUT2D eigenvalue weighted by atomic mass is 10.1. The Morgan fingerprint density at radius 2 is 1.79 bits per heavy atom. The van der Waals surface area contributed by atoms with Crippen molar-refractivity contribution in [2.45, 2.75) is 20.4 Å². The second-order valence-electron chi connectivity index (χ2n) is 7.83. The third-order valence-electron chi connectivity index (χ3n) is 5.34. The zero-order valence-electron chi connectivity index (χ0n) is 19.4. The third-order valence-corrected chi connectivity index (χ3v) is 6.48. The summed E-state index contributed by atoms with van der Waals surface area (Å²) in [5.41, 5.74) is 6.55. The van der Waals surface area contributed by atoms with Crippen LogP contribution in [0.25, 0.3) is 0 Å². The molecule has 0 aliphatic carbocycles. The molecule has 0 saturated heterocycles. The van der Waals surface area contributed by atoms with Gasteiger partial charge in [0, 0.05) is 11.1 Å². The zero-order chi connectivity index (χ0) is 24.9. The first-order chi connectivity index (χ1) is 16.1. The van der Waals surface area contributed by atoms with Crippen LogP contribution in [0.2, 0.25) is 0 Å². The highest BCUT2D eigenvalue weighted by Gasteiger charge is 2.18. The van der Waals surface area contributed by atoms with Crippen LogP contribution in [0.15, 0.2) is 65.8 Å². The fourth-order valence-electron chi connectivity index (χ4n) is 3.24. The van der Waals surface area contributed by atoms with Gasteiger partial charge in [-0.2, -0.15) is 5.10 Å². The first kappa shape index (κ1) is 24.8. The predicted molar refractivity (Wildman–Crippen MR) is 133 cm³/mol. The minimum atomic E-state index is -3.51. The Labute approximate surface area is 199 Å². The van der Waals surface area contributed by atoms with Crippen LogP contribution in [-0.4, -0.2) is 39.0 Å². The maximum atomic E-state index is 12.4. The van der Waals surface area contributed by atoms with Crippen molar-refractivity contribution in [2.24, 2.45) is 5.10 Å². The second-order valence-corrected chi connectivity index (χ2v) is 9.74. The van der Waals surface area contributed by atoms with E-state index in [1.165, 1.54) is 23.9 Å². The number of para-hydroxylation sites is 1. The van der Waals surface area contributed by atoms with Crippen LogP contribution in [0.5, 0.6) is 11.5 Å². The lowest BCUT2D eigenvalue weighted by Crippen LogP contribution is -2.29. The van der Waals surface area contributed by atoms with E-state index >= 15 is 0 Å². The molecule has 8 nitrogen and oxygen atoms in total. The number of ether oxygens (including phenoxy) is 1. The molecule has 1 amide bonds. The van der Waals surface area contributed by atoms with Crippen molar-refractivity contribution >= 4 is 27.8 Å². The minimum Gasteiger partial charge on any atom is -0.504 e. The van der Waals surface area contributed by atoms with E-state index in [4.69, 9.17) is 4.74 Å². The average Bonchev–Trinajstić information content (AvgIpc) is 2.80. The number of rotatable bonds is 8. The van der Waals surface area contributed by atoms with Crippen LogP contribution in [-0.2, 0) is 16.6 Å². The van der Waals surface area contributed by atoms with Crippen molar-refractivity contribution < 1.29 is 23.1 Å². The first-order valence-electron chi connectivity index (χ1n) is 10.4. The Morgan fingerprint density at radius 3 is 2.41 bits per heavy atom. The smallest absolute Gasteiger partial charge is 0.271 e. The van der Waals surface area contributed by atoms with Gasteiger partial charge in [-0.15, -0.1) is 0 Å². The molecular formula is C25H27N3O5S. The molecule has 2 N–H and O–H groups in total. The van der Waals surface area contributed by atoms with Gasteiger partial charge >= 0.3 is 0 Å². The van der Waals surface area contributed by atoms with E-state index in [2.05, 4.69) is 10.5 Å². The number of hydrogen-bond donors (Lipinski definition) is 2. The summed E-state index contributed by atoms with van der Waals surface area (Å²) in [4.78, 5) is 12.4. The second kappa shape index (κ2) is 10.4. The molecule has 34 heavy (non-hydrogen) atoms. The van der Waals surface area contributed by atoms with Crippen molar-refractivity contribution in [3.8, 4) is 11.5 Å². The van der Waals surface area contributed by atoms with Crippen molar-refractivity contribution in [3.63, 3.8) is 0 Å². The van der Waals surface area contributed by atoms with Gasteiger partial charge in [0.2, 0.25) is 10.0 Å².